The Labute approximate surface area is 359 Å². The first-order valence-electron chi connectivity index (χ1n) is 21.2. The Bertz CT molecular complexity index is 1950. The Kier molecular flexibility index (Phi) is 11.9. The molecule has 344 valence electrons. The number of nitrogens with zero attached hydrogens (tertiary/aromatic N) is 1. The van der Waals surface area contributed by atoms with Gasteiger partial charge in [0, 0.05) is 43.8 Å². The van der Waals surface area contributed by atoms with Gasteiger partial charge in [-0.25, -0.2) is 23.2 Å². The van der Waals surface area contributed by atoms with Gasteiger partial charge in [-0.1, -0.05) is 39.0 Å². The maximum Gasteiger partial charge on any atom is 0.407 e. The van der Waals surface area contributed by atoms with Gasteiger partial charge in [-0.2, -0.15) is 0 Å². The van der Waals surface area contributed by atoms with E-state index in [-0.39, 0.29) is 18.7 Å². The van der Waals surface area contributed by atoms with Crippen LogP contribution in [-0.2, 0) is 42.7 Å². The van der Waals surface area contributed by atoms with Crippen LogP contribution in [0.3, 0.4) is 0 Å². The van der Waals surface area contributed by atoms with Crippen LogP contribution in [0, 0.1) is 16.7 Å². The zero-order valence-electron chi connectivity index (χ0n) is 36.6. The Morgan fingerprint density at radius 1 is 1.03 bits per heavy atom. The quantitative estimate of drug-likeness (QED) is 0.143. The number of alkyl halides is 2. The zero-order chi connectivity index (χ0) is 45.5. The third kappa shape index (κ3) is 7.70. The van der Waals surface area contributed by atoms with Crippen molar-refractivity contribution in [3.8, 4) is 0 Å². The van der Waals surface area contributed by atoms with Crippen molar-refractivity contribution in [2.24, 2.45) is 16.7 Å². The largest absolute Gasteiger partial charge is 0.456 e. The molecule has 3 aliphatic carbocycles. The molecule has 0 spiro atoms. The van der Waals surface area contributed by atoms with Gasteiger partial charge in [0.1, 0.15) is 36.1 Å². The lowest BCUT2D eigenvalue weighted by Gasteiger charge is -2.68. The van der Waals surface area contributed by atoms with Crippen molar-refractivity contribution < 1.29 is 76.4 Å². The van der Waals surface area contributed by atoms with E-state index in [2.05, 4.69) is 0 Å². The molecule has 3 aliphatic heterocycles. The predicted octanol–water partition coefficient (Wildman–Crippen LogP) is 3.43. The van der Waals surface area contributed by atoms with Crippen molar-refractivity contribution >= 4 is 24.0 Å². The summed E-state index contributed by atoms with van der Waals surface area (Å²) in [5, 5.41) is 37.7. The summed E-state index contributed by atoms with van der Waals surface area (Å²) in [5.74, 6) is -4.06. The van der Waals surface area contributed by atoms with E-state index in [1.807, 2.05) is 17.1 Å². The third-order valence-electron chi connectivity index (χ3n) is 14.2. The molecule has 16 nitrogen and oxygen atoms in total. The first-order chi connectivity index (χ1) is 28.8. The number of likely N-dealkylation sites (tertiary alicyclic amines) is 1. The summed E-state index contributed by atoms with van der Waals surface area (Å²) < 4.78 is 72.8. The minimum atomic E-state index is -3.46. The SMILES string of the molecule is CC(=O)O[C@@]12CO[C@@H]1CC[C@@]1(C)[C@@H]3O[C@H](CN4CC(C)(O)C4)O[C@@H]3C3=C(C)[C@@H](OC(=O)[C@](C)(O)[C@@H](NC(=O)OC(C)C)C(F)F)C[C@@](O)([C@@H](OC(=O)c4ccccc4)[C@@H]12)C3(C)C. The third-order valence-corrected chi connectivity index (χ3v) is 14.2. The number of fused-ring (bicyclic) bond motifs is 8. The first kappa shape index (κ1) is 46.2. The van der Waals surface area contributed by atoms with Crippen LogP contribution in [0.4, 0.5) is 13.6 Å². The van der Waals surface area contributed by atoms with Crippen LogP contribution in [-0.4, -0.2) is 148 Å². The number of hydrogen-bond acceptors (Lipinski definition) is 15. The number of alkyl carbamates (subject to hydrolysis) is 1. The molecule has 62 heavy (non-hydrogen) atoms. The molecule has 1 aromatic carbocycles. The minimum Gasteiger partial charge on any atom is -0.456 e. The number of nitrogens with one attached hydrogen (secondary N) is 1. The van der Waals surface area contributed by atoms with E-state index in [0.717, 1.165) is 6.92 Å². The molecule has 18 heteroatoms. The summed E-state index contributed by atoms with van der Waals surface area (Å²) >= 11 is 0. The Hall–Kier alpha value is -3.78. The van der Waals surface area contributed by atoms with Crippen LogP contribution in [0.5, 0.6) is 0 Å². The van der Waals surface area contributed by atoms with Gasteiger partial charge in [0.05, 0.1) is 35.9 Å². The van der Waals surface area contributed by atoms with Gasteiger partial charge in [0.15, 0.2) is 17.5 Å². The van der Waals surface area contributed by atoms with Crippen molar-refractivity contribution in [3.05, 3.63) is 47.0 Å². The number of amides is 1. The molecule has 3 saturated heterocycles. The zero-order valence-corrected chi connectivity index (χ0v) is 36.6. The predicted molar refractivity (Wildman–Crippen MR) is 212 cm³/mol. The highest BCUT2D eigenvalue weighted by Gasteiger charge is 2.77. The molecule has 2 bridgehead atoms. The molecule has 7 rings (SSSR count). The van der Waals surface area contributed by atoms with E-state index in [9.17, 15) is 43.3 Å². The van der Waals surface area contributed by atoms with E-state index in [0.29, 0.717) is 37.1 Å². The summed E-state index contributed by atoms with van der Waals surface area (Å²) in [4.78, 5) is 56.1. The molecule has 4 N–H and O–H groups in total. The Morgan fingerprint density at radius 2 is 1.69 bits per heavy atom. The fourth-order valence-corrected chi connectivity index (χ4v) is 11.2. The van der Waals surface area contributed by atoms with Crippen LogP contribution < -0.4 is 5.32 Å². The highest BCUT2D eigenvalue weighted by molar-refractivity contribution is 5.89. The molecule has 1 amide bonds. The molecule has 2 saturated carbocycles. The van der Waals surface area contributed by atoms with E-state index in [4.69, 9.17) is 33.2 Å². The highest BCUT2D eigenvalue weighted by Crippen LogP contribution is 2.66. The van der Waals surface area contributed by atoms with Gasteiger partial charge in [0.25, 0.3) is 6.43 Å². The maximum atomic E-state index is 14.6. The normalized spacial score (nSPS) is 37.1. The number of aliphatic hydroxyl groups is 3. The van der Waals surface area contributed by atoms with Crippen LogP contribution >= 0.6 is 0 Å². The molecule has 0 radical (unpaired) electrons. The topological polar surface area (TPSA) is 209 Å². The van der Waals surface area contributed by atoms with Crippen LogP contribution in [0.2, 0.25) is 0 Å². The molecule has 12 atom stereocenters. The number of rotatable bonds is 11. The molecular weight excluding hydrogens is 818 g/mol. The number of carbonyl (C=O) groups is 4. The lowest BCUT2D eigenvalue weighted by molar-refractivity contribution is -0.345. The number of hydrogen-bond donors (Lipinski definition) is 4. The summed E-state index contributed by atoms with van der Waals surface area (Å²) in [5.41, 5.74) is -9.18. The van der Waals surface area contributed by atoms with Crippen molar-refractivity contribution in [1.29, 1.82) is 0 Å². The van der Waals surface area contributed by atoms with Gasteiger partial charge in [-0.05, 0) is 70.7 Å². The summed E-state index contributed by atoms with van der Waals surface area (Å²) in [6.07, 6.45) is -11.6. The Balaban J connectivity index is 1.39. The molecule has 3 heterocycles. The highest BCUT2D eigenvalue weighted by atomic mass is 19.3. The molecule has 5 fully saturated rings. The van der Waals surface area contributed by atoms with Gasteiger partial charge < -0.3 is 53.8 Å². The smallest absolute Gasteiger partial charge is 0.407 e. The van der Waals surface area contributed by atoms with E-state index >= 15 is 0 Å². The number of benzene rings is 1. The molecule has 0 unspecified atom stereocenters. The van der Waals surface area contributed by atoms with Gasteiger partial charge in [0.2, 0.25) is 0 Å². The molecule has 6 aliphatic rings. The fraction of sp³-hybridized carbons (Fsp3) is 0.727. The maximum absolute atomic E-state index is 14.6. The second-order valence-electron chi connectivity index (χ2n) is 19.6. The summed E-state index contributed by atoms with van der Waals surface area (Å²) in [6.45, 7) is 14.6. The molecule has 0 aromatic heterocycles. The van der Waals surface area contributed by atoms with Gasteiger partial charge in [-0.15, -0.1) is 0 Å². The van der Waals surface area contributed by atoms with E-state index < -0.39 is 125 Å². The lowest BCUT2D eigenvalue weighted by Crippen LogP contribution is -2.79. The first-order valence-corrected chi connectivity index (χ1v) is 21.2. The number of esters is 3. The van der Waals surface area contributed by atoms with Crippen molar-refractivity contribution in [1.82, 2.24) is 10.2 Å². The molecular formula is C44H60F2N2O14. The average molecular weight is 879 g/mol. The van der Waals surface area contributed by atoms with Crippen molar-refractivity contribution in [2.45, 2.75) is 159 Å². The number of halogens is 2. The van der Waals surface area contributed by atoms with Gasteiger partial charge >= 0.3 is 24.0 Å². The Morgan fingerprint density at radius 3 is 2.26 bits per heavy atom. The monoisotopic (exact) mass is 878 g/mol. The fourth-order valence-electron chi connectivity index (χ4n) is 11.2. The van der Waals surface area contributed by atoms with Gasteiger partial charge in [-0.3, -0.25) is 9.69 Å². The second-order valence-corrected chi connectivity index (χ2v) is 19.6. The van der Waals surface area contributed by atoms with Crippen molar-refractivity contribution in [2.75, 3.05) is 26.2 Å². The van der Waals surface area contributed by atoms with E-state index in [1.165, 1.54) is 20.8 Å². The standard InChI is InChI=1S/C44H60F2N2O14/c1-22(2)57-38(52)47-32(35(45)46)42(9,54)37(51)58-26-17-44(55)34(61-36(50)25-13-11-10-12-14-25)31-41(8,16-15-27-43(31,21-56-27)62-24(4)49)33-30(29(23(26)3)39(44,5)6)59-28(60-33)18-48-19-40(7,53)20-48/h10-14,22,26-28,30-35,53-55H,15-21H2,1-9H3,(H,47,52)/t26-,27+,28+,30+,31-,32-,33+,34-,41+,42+,43-,44+/m0/s1. The van der Waals surface area contributed by atoms with E-state index in [1.54, 1.807) is 58.0 Å². The summed E-state index contributed by atoms with van der Waals surface area (Å²) in [7, 11) is 0. The summed E-state index contributed by atoms with van der Waals surface area (Å²) in [6, 6.07) is 5.63. The van der Waals surface area contributed by atoms with Crippen LogP contribution in [0.1, 0.15) is 91.9 Å². The number of β-amino-alcohol motifs (C(OH)–C–C–N with tert-alkyl or cyclic N) is 1. The number of ether oxygens (including phenoxy) is 7. The van der Waals surface area contributed by atoms with Crippen LogP contribution in [0.25, 0.3) is 0 Å². The second kappa shape index (κ2) is 16.0. The van der Waals surface area contributed by atoms with Crippen LogP contribution in [0.15, 0.2) is 41.5 Å². The number of carbonyl (C=O) groups excluding carboxylic acids is 4. The minimum absolute atomic E-state index is 0.109. The average Bonchev–Trinajstić information content (AvgIpc) is 3.56. The molecule has 1 aromatic rings. The van der Waals surface area contributed by atoms with Crippen molar-refractivity contribution in [3.63, 3.8) is 0 Å². The lowest BCUT2D eigenvalue weighted by atomic mass is 9.45.